The third kappa shape index (κ3) is 2.66. The maximum absolute atomic E-state index is 13.0. The van der Waals surface area contributed by atoms with Crippen LogP contribution in [0.5, 0.6) is 0 Å². The lowest BCUT2D eigenvalue weighted by molar-refractivity contribution is -0.0304. The van der Waals surface area contributed by atoms with E-state index in [2.05, 4.69) is 4.98 Å². The highest BCUT2D eigenvalue weighted by Crippen LogP contribution is 2.18. The van der Waals surface area contributed by atoms with Crippen LogP contribution in [-0.2, 0) is 14.8 Å². The van der Waals surface area contributed by atoms with Gasteiger partial charge in [0, 0.05) is 19.3 Å². The molecule has 18 heavy (non-hydrogen) atoms. The number of hydrogen-bond donors (Lipinski definition) is 1. The van der Waals surface area contributed by atoms with Crippen molar-refractivity contribution in [3.63, 3.8) is 0 Å². The third-order valence-electron chi connectivity index (χ3n) is 2.62. The molecule has 8 heteroatoms. The standard InChI is InChI=1S/C10H13FN2O4S/c11-8-3-10(5-12-4-8)18(15,16)13-1-2-17-9(6-13)7-14/h3-5,9,14H,1-2,6-7H2. The van der Waals surface area contributed by atoms with Crippen LogP contribution in [0.2, 0.25) is 0 Å². The van der Waals surface area contributed by atoms with Gasteiger partial charge < -0.3 is 9.84 Å². The third-order valence-corrected chi connectivity index (χ3v) is 4.45. The number of halogens is 1. The maximum Gasteiger partial charge on any atom is 0.244 e. The van der Waals surface area contributed by atoms with E-state index < -0.39 is 21.9 Å². The quantitative estimate of drug-likeness (QED) is 0.813. The molecule has 1 saturated heterocycles. The van der Waals surface area contributed by atoms with Crippen molar-refractivity contribution in [3.05, 3.63) is 24.3 Å². The fraction of sp³-hybridized carbons (Fsp3) is 0.500. The Morgan fingerprint density at radius 1 is 1.56 bits per heavy atom. The van der Waals surface area contributed by atoms with E-state index in [0.29, 0.717) is 0 Å². The van der Waals surface area contributed by atoms with Gasteiger partial charge in [0.05, 0.1) is 25.5 Å². The van der Waals surface area contributed by atoms with E-state index in [0.717, 1.165) is 22.8 Å². The Bertz CT molecular complexity index is 522. The highest BCUT2D eigenvalue weighted by atomic mass is 32.2. The largest absolute Gasteiger partial charge is 0.394 e. The summed E-state index contributed by atoms with van der Waals surface area (Å²) >= 11 is 0. The number of ether oxygens (including phenoxy) is 1. The lowest BCUT2D eigenvalue weighted by Gasteiger charge is -2.31. The first-order valence-corrected chi connectivity index (χ1v) is 6.81. The molecule has 1 aliphatic rings. The predicted molar refractivity (Wildman–Crippen MR) is 59.8 cm³/mol. The topological polar surface area (TPSA) is 79.7 Å². The Hall–Kier alpha value is -1.09. The van der Waals surface area contributed by atoms with Gasteiger partial charge in [-0.3, -0.25) is 4.98 Å². The van der Waals surface area contributed by atoms with E-state index in [9.17, 15) is 12.8 Å². The average Bonchev–Trinajstić information content (AvgIpc) is 2.39. The molecule has 0 amide bonds. The monoisotopic (exact) mass is 276 g/mol. The molecule has 1 fully saturated rings. The first-order chi connectivity index (χ1) is 8.54. The Kier molecular flexibility index (Phi) is 3.91. The van der Waals surface area contributed by atoms with Crippen molar-refractivity contribution < 1.29 is 22.7 Å². The molecule has 0 aromatic carbocycles. The SMILES string of the molecule is O=S(=O)(c1cncc(F)c1)N1CCOC(CO)C1. The summed E-state index contributed by atoms with van der Waals surface area (Å²) in [6.07, 6.45) is 1.49. The van der Waals surface area contributed by atoms with Gasteiger partial charge in [0.1, 0.15) is 10.7 Å². The first-order valence-electron chi connectivity index (χ1n) is 5.37. The molecule has 0 spiro atoms. The molecule has 1 aromatic rings. The van der Waals surface area contributed by atoms with E-state index in [1.807, 2.05) is 0 Å². The Morgan fingerprint density at radius 2 is 2.33 bits per heavy atom. The van der Waals surface area contributed by atoms with Crippen LogP contribution in [0.25, 0.3) is 0 Å². The molecule has 2 rings (SSSR count). The van der Waals surface area contributed by atoms with Gasteiger partial charge in [-0.05, 0) is 6.07 Å². The number of rotatable bonds is 3. The van der Waals surface area contributed by atoms with Crippen molar-refractivity contribution in [2.24, 2.45) is 0 Å². The minimum atomic E-state index is -3.79. The number of hydrogen-bond acceptors (Lipinski definition) is 5. The fourth-order valence-corrected chi connectivity index (χ4v) is 3.13. The van der Waals surface area contributed by atoms with Crippen LogP contribution in [0.3, 0.4) is 0 Å². The van der Waals surface area contributed by atoms with E-state index >= 15 is 0 Å². The van der Waals surface area contributed by atoms with E-state index in [4.69, 9.17) is 9.84 Å². The van der Waals surface area contributed by atoms with E-state index in [1.165, 1.54) is 0 Å². The summed E-state index contributed by atoms with van der Waals surface area (Å²) in [5.41, 5.74) is 0. The van der Waals surface area contributed by atoms with Gasteiger partial charge in [-0.2, -0.15) is 4.31 Å². The molecule has 0 radical (unpaired) electrons. The molecule has 1 unspecified atom stereocenters. The molecular formula is C10H13FN2O4S. The molecule has 2 heterocycles. The second-order valence-corrected chi connectivity index (χ2v) is 5.82. The molecule has 1 aliphatic heterocycles. The van der Waals surface area contributed by atoms with Gasteiger partial charge in [-0.1, -0.05) is 0 Å². The van der Waals surface area contributed by atoms with Crippen molar-refractivity contribution >= 4 is 10.0 Å². The van der Waals surface area contributed by atoms with Gasteiger partial charge >= 0.3 is 0 Å². The molecule has 1 aromatic heterocycles. The Morgan fingerprint density at radius 3 is 3.00 bits per heavy atom. The summed E-state index contributed by atoms with van der Waals surface area (Å²) in [4.78, 5) is 3.33. The minimum absolute atomic E-state index is 0.0509. The Balaban J connectivity index is 2.25. The summed E-state index contributed by atoms with van der Waals surface area (Å²) in [6.45, 7) is 0.172. The molecule has 1 N–H and O–H groups in total. The molecule has 1 atom stereocenters. The number of aromatic nitrogens is 1. The average molecular weight is 276 g/mol. The maximum atomic E-state index is 13.0. The van der Waals surface area contributed by atoms with Crippen molar-refractivity contribution in [1.29, 1.82) is 0 Å². The summed E-state index contributed by atoms with van der Waals surface area (Å²) in [5, 5.41) is 8.97. The zero-order chi connectivity index (χ0) is 13.2. The fourth-order valence-electron chi connectivity index (χ4n) is 1.70. The van der Waals surface area contributed by atoms with Crippen LogP contribution < -0.4 is 0 Å². The normalized spacial score (nSPS) is 22.0. The summed E-state index contributed by atoms with van der Waals surface area (Å²) in [7, 11) is -3.79. The van der Waals surface area contributed by atoms with Crippen LogP contribution in [0.1, 0.15) is 0 Å². The smallest absolute Gasteiger partial charge is 0.244 e. The molecular weight excluding hydrogens is 263 g/mol. The predicted octanol–water partition coefficient (Wildman–Crippen LogP) is -0.397. The molecule has 0 bridgehead atoms. The summed E-state index contributed by atoms with van der Waals surface area (Å²) in [6, 6.07) is 0.922. The highest BCUT2D eigenvalue weighted by molar-refractivity contribution is 7.89. The number of aliphatic hydroxyl groups excluding tert-OH is 1. The Labute approximate surface area is 104 Å². The number of pyridine rings is 1. The second kappa shape index (κ2) is 5.27. The van der Waals surface area contributed by atoms with Gasteiger partial charge in [-0.15, -0.1) is 0 Å². The molecule has 0 saturated carbocycles. The molecule has 6 nitrogen and oxygen atoms in total. The van der Waals surface area contributed by atoms with Crippen LogP contribution in [-0.4, -0.2) is 55.2 Å². The van der Waals surface area contributed by atoms with E-state index in [1.54, 1.807) is 0 Å². The van der Waals surface area contributed by atoms with Gasteiger partial charge in [-0.25, -0.2) is 12.8 Å². The number of sulfonamides is 1. The van der Waals surface area contributed by atoms with E-state index in [-0.39, 0.29) is 31.2 Å². The van der Waals surface area contributed by atoms with Crippen molar-refractivity contribution in [1.82, 2.24) is 9.29 Å². The van der Waals surface area contributed by atoms with Gasteiger partial charge in [0.15, 0.2) is 0 Å². The zero-order valence-electron chi connectivity index (χ0n) is 9.49. The number of nitrogens with zero attached hydrogens (tertiary/aromatic N) is 2. The van der Waals surface area contributed by atoms with Crippen molar-refractivity contribution in [2.75, 3.05) is 26.3 Å². The lowest BCUT2D eigenvalue weighted by atomic mass is 10.3. The van der Waals surface area contributed by atoms with Crippen molar-refractivity contribution in [3.8, 4) is 0 Å². The zero-order valence-corrected chi connectivity index (χ0v) is 10.3. The molecule has 0 aliphatic carbocycles. The van der Waals surface area contributed by atoms with Gasteiger partial charge in [0.2, 0.25) is 10.0 Å². The lowest BCUT2D eigenvalue weighted by Crippen LogP contribution is -2.46. The van der Waals surface area contributed by atoms with Crippen LogP contribution >= 0.6 is 0 Å². The highest BCUT2D eigenvalue weighted by Gasteiger charge is 2.30. The van der Waals surface area contributed by atoms with Crippen LogP contribution in [0.4, 0.5) is 4.39 Å². The number of morpholine rings is 1. The van der Waals surface area contributed by atoms with Gasteiger partial charge in [0.25, 0.3) is 0 Å². The number of aliphatic hydroxyl groups is 1. The first kappa shape index (κ1) is 13.3. The summed E-state index contributed by atoms with van der Waals surface area (Å²) < 4.78 is 43.7. The van der Waals surface area contributed by atoms with Crippen LogP contribution in [0.15, 0.2) is 23.4 Å². The molecule has 100 valence electrons. The van der Waals surface area contributed by atoms with Crippen molar-refractivity contribution in [2.45, 2.75) is 11.0 Å². The minimum Gasteiger partial charge on any atom is -0.394 e. The van der Waals surface area contributed by atoms with Crippen LogP contribution in [0, 0.1) is 5.82 Å². The second-order valence-electron chi connectivity index (χ2n) is 3.88. The summed E-state index contributed by atoms with van der Waals surface area (Å²) in [5.74, 6) is -0.706.